The monoisotopic (exact) mass is 461 g/mol. The molecule has 34 heavy (non-hydrogen) atoms. The highest BCUT2D eigenvalue weighted by molar-refractivity contribution is 5.53. The van der Waals surface area contributed by atoms with Crippen molar-refractivity contribution >= 4 is 17.5 Å². The minimum absolute atomic E-state index is 0.436. The Morgan fingerprint density at radius 3 is 2.44 bits per heavy atom. The number of hydrogen-bond acceptors (Lipinski definition) is 7. The lowest BCUT2D eigenvalue weighted by molar-refractivity contribution is 0.355. The van der Waals surface area contributed by atoms with Crippen LogP contribution in [0.25, 0.3) is 0 Å². The molecule has 2 aliphatic carbocycles. The van der Waals surface area contributed by atoms with Crippen LogP contribution in [0, 0.1) is 11.3 Å². The summed E-state index contributed by atoms with van der Waals surface area (Å²) in [5.41, 5.74) is 3.77. The molecule has 2 aliphatic rings. The number of rotatable bonds is 10. The number of hydrogen-bond donors (Lipinski definition) is 2. The molecule has 7 heteroatoms. The van der Waals surface area contributed by atoms with E-state index in [0.29, 0.717) is 18.5 Å². The second-order valence-electron chi connectivity index (χ2n) is 9.78. The number of para-hydroxylation sites is 1. The Bertz CT molecular complexity index is 945. The van der Waals surface area contributed by atoms with Crippen molar-refractivity contribution in [3.05, 3.63) is 41.6 Å². The van der Waals surface area contributed by atoms with Gasteiger partial charge in [0.2, 0.25) is 5.95 Å². The van der Waals surface area contributed by atoms with Gasteiger partial charge in [-0.15, -0.1) is 0 Å². The van der Waals surface area contributed by atoms with E-state index in [-0.39, 0.29) is 0 Å². The molecule has 0 radical (unpaired) electrons. The van der Waals surface area contributed by atoms with Crippen molar-refractivity contribution in [2.45, 2.75) is 69.9 Å². The molecule has 182 valence electrons. The molecule has 1 aromatic heterocycles. The lowest BCUT2D eigenvalue weighted by atomic mass is 9.91. The first-order valence-electron chi connectivity index (χ1n) is 12.9. The van der Waals surface area contributed by atoms with Gasteiger partial charge in [-0.25, -0.2) is 4.98 Å². The minimum Gasteiger partial charge on any atom is -0.369 e. The van der Waals surface area contributed by atoms with Crippen molar-refractivity contribution in [3.63, 3.8) is 0 Å². The molecule has 0 amide bonds. The van der Waals surface area contributed by atoms with E-state index in [0.717, 1.165) is 69.9 Å². The molecule has 1 aromatic carbocycles. The Labute approximate surface area is 204 Å². The third-order valence-corrected chi connectivity index (χ3v) is 7.07. The highest BCUT2D eigenvalue weighted by Crippen LogP contribution is 2.29. The smallest absolute Gasteiger partial charge is 0.225 e. The third-order valence-electron chi connectivity index (χ3n) is 7.07. The number of benzene rings is 1. The quantitative estimate of drug-likeness (QED) is 0.550. The number of nitriles is 1. The molecule has 0 unspecified atom stereocenters. The molecular weight excluding hydrogens is 422 g/mol. The molecule has 2 aromatic rings. The van der Waals surface area contributed by atoms with Gasteiger partial charge in [0.05, 0.1) is 18.2 Å². The Kier molecular flexibility index (Phi) is 8.59. The Morgan fingerprint density at radius 2 is 1.71 bits per heavy atom. The molecule has 0 saturated heterocycles. The zero-order valence-corrected chi connectivity index (χ0v) is 20.8. The van der Waals surface area contributed by atoms with Gasteiger partial charge in [-0.1, -0.05) is 18.2 Å². The van der Waals surface area contributed by atoms with Crippen molar-refractivity contribution in [1.29, 1.82) is 5.26 Å². The second kappa shape index (κ2) is 12.0. The third kappa shape index (κ3) is 6.38. The normalized spacial score (nSPS) is 19.7. The van der Waals surface area contributed by atoms with Gasteiger partial charge in [-0.2, -0.15) is 10.2 Å². The molecule has 1 saturated carbocycles. The van der Waals surface area contributed by atoms with E-state index in [9.17, 15) is 0 Å². The van der Waals surface area contributed by atoms with Crippen molar-refractivity contribution in [1.82, 2.24) is 15.3 Å². The fourth-order valence-corrected chi connectivity index (χ4v) is 5.23. The van der Waals surface area contributed by atoms with E-state index in [1.807, 2.05) is 6.07 Å². The molecular formula is C27H39N7. The number of nitrogens with one attached hydrogen (secondary N) is 2. The number of aryl methyl sites for hydroxylation is 1. The van der Waals surface area contributed by atoms with Gasteiger partial charge in [-0.3, -0.25) is 0 Å². The lowest BCUT2D eigenvalue weighted by Crippen LogP contribution is -2.41. The van der Waals surface area contributed by atoms with Crippen LogP contribution in [-0.4, -0.2) is 55.8 Å². The van der Waals surface area contributed by atoms with E-state index in [1.165, 1.54) is 29.8 Å². The summed E-state index contributed by atoms with van der Waals surface area (Å²) < 4.78 is 0. The summed E-state index contributed by atoms with van der Waals surface area (Å²) in [4.78, 5) is 14.2. The van der Waals surface area contributed by atoms with E-state index in [2.05, 4.69) is 64.9 Å². The van der Waals surface area contributed by atoms with Crippen LogP contribution in [-0.2, 0) is 12.8 Å². The zero-order chi connectivity index (χ0) is 23.8. The van der Waals surface area contributed by atoms with E-state index >= 15 is 0 Å². The standard InChI is InChI=1S/C27H39N7/c1-33(2)26-24-11-6-7-12-25(24)31-27(32-26)30-22-15-13-21(14-16-22)29-18-20-34(19-8-17-28)23-9-4-3-5-10-23/h3-5,9-10,21-22,29H,6-8,11-16,18-20H2,1-2H3,(H,30,31,32). The number of aromatic nitrogens is 2. The van der Waals surface area contributed by atoms with Gasteiger partial charge in [0.1, 0.15) is 5.82 Å². The summed E-state index contributed by atoms with van der Waals surface area (Å²) in [6.45, 7) is 2.62. The van der Waals surface area contributed by atoms with Crippen LogP contribution < -0.4 is 20.4 Å². The molecule has 0 aliphatic heterocycles. The molecule has 0 spiro atoms. The van der Waals surface area contributed by atoms with Crippen molar-refractivity contribution in [3.8, 4) is 6.07 Å². The Hall–Kier alpha value is -2.85. The van der Waals surface area contributed by atoms with Crippen LogP contribution in [0.15, 0.2) is 30.3 Å². The Morgan fingerprint density at radius 1 is 0.971 bits per heavy atom. The fourth-order valence-electron chi connectivity index (χ4n) is 5.23. The summed E-state index contributed by atoms with van der Waals surface area (Å²) in [5, 5.41) is 16.4. The molecule has 2 N–H and O–H groups in total. The van der Waals surface area contributed by atoms with Gasteiger partial charge in [0.15, 0.2) is 0 Å². The Balaban J connectivity index is 1.25. The van der Waals surface area contributed by atoms with Crippen molar-refractivity contribution in [2.75, 3.05) is 48.8 Å². The first-order valence-corrected chi connectivity index (χ1v) is 12.9. The number of anilines is 3. The topological polar surface area (TPSA) is 80.1 Å². The van der Waals surface area contributed by atoms with Gasteiger partial charge < -0.3 is 20.4 Å². The predicted octanol–water partition coefficient (Wildman–Crippen LogP) is 4.15. The molecule has 7 nitrogen and oxygen atoms in total. The predicted molar refractivity (Wildman–Crippen MR) is 140 cm³/mol. The van der Waals surface area contributed by atoms with E-state index in [1.54, 1.807) is 0 Å². The van der Waals surface area contributed by atoms with E-state index < -0.39 is 0 Å². The largest absolute Gasteiger partial charge is 0.369 e. The average molecular weight is 462 g/mol. The van der Waals surface area contributed by atoms with E-state index in [4.69, 9.17) is 15.2 Å². The maximum Gasteiger partial charge on any atom is 0.225 e. The first-order chi connectivity index (χ1) is 16.6. The highest BCUT2D eigenvalue weighted by atomic mass is 15.2. The highest BCUT2D eigenvalue weighted by Gasteiger charge is 2.24. The minimum atomic E-state index is 0.436. The molecule has 0 bridgehead atoms. The number of fused-ring (bicyclic) bond motifs is 1. The fraction of sp³-hybridized carbons (Fsp3) is 0.593. The van der Waals surface area contributed by atoms with Crippen LogP contribution in [0.5, 0.6) is 0 Å². The van der Waals surface area contributed by atoms with Crippen LogP contribution in [0.2, 0.25) is 0 Å². The zero-order valence-electron chi connectivity index (χ0n) is 20.8. The van der Waals surface area contributed by atoms with Gasteiger partial charge in [0.25, 0.3) is 0 Å². The average Bonchev–Trinajstić information content (AvgIpc) is 2.87. The summed E-state index contributed by atoms with van der Waals surface area (Å²) in [6.07, 6.45) is 9.76. The SMILES string of the molecule is CN(C)c1nc(NC2CCC(NCCN(CCC#N)c3ccccc3)CC2)nc2c1CCCC2. The summed E-state index contributed by atoms with van der Waals surface area (Å²) in [5.74, 6) is 1.89. The molecule has 1 fully saturated rings. The second-order valence-corrected chi connectivity index (χ2v) is 9.78. The van der Waals surface area contributed by atoms with Crippen LogP contribution >= 0.6 is 0 Å². The van der Waals surface area contributed by atoms with Crippen LogP contribution in [0.3, 0.4) is 0 Å². The first kappa shape index (κ1) is 24.3. The van der Waals surface area contributed by atoms with Crippen molar-refractivity contribution < 1.29 is 0 Å². The summed E-state index contributed by atoms with van der Waals surface area (Å²) in [7, 11) is 4.16. The van der Waals surface area contributed by atoms with Gasteiger partial charge in [-0.05, 0) is 63.5 Å². The number of nitrogens with zero attached hydrogens (tertiary/aromatic N) is 5. The molecule has 4 rings (SSSR count). The summed E-state index contributed by atoms with van der Waals surface area (Å²) >= 11 is 0. The van der Waals surface area contributed by atoms with Crippen LogP contribution in [0.4, 0.5) is 17.5 Å². The summed E-state index contributed by atoms with van der Waals surface area (Å²) in [6, 6.07) is 13.7. The van der Waals surface area contributed by atoms with Crippen molar-refractivity contribution in [2.24, 2.45) is 0 Å². The molecule has 1 heterocycles. The van der Waals surface area contributed by atoms with Gasteiger partial charge >= 0.3 is 0 Å². The van der Waals surface area contributed by atoms with Crippen LogP contribution in [0.1, 0.15) is 56.2 Å². The maximum absolute atomic E-state index is 9.01. The molecule has 0 atom stereocenters. The maximum atomic E-state index is 9.01. The lowest BCUT2D eigenvalue weighted by Gasteiger charge is -2.31. The van der Waals surface area contributed by atoms with Gasteiger partial charge in [0, 0.05) is 57.1 Å².